The average molecular weight is 813 g/mol. The van der Waals surface area contributed by atoms with E-state index in [2.05, 4.69) is 13.8 Å². The quantitative estimate of drug-likeness (QED) is 0.0477. The third kappa shape index (κ3) is 28.6. The normalized spacial score (nSPS) is 21.4. The molecule has 2 atom stereocenters. The van der Waals surface area contributed by atoms with Crippen LogP contribution >= 0.6 is 25.3 Å². The molecule has 0 aromatic carbocycles. The molecule has 2 rings (SSSR count). The summed E-state index contributed by atoms with van der Waals surface area (Å²) in [7, 11) is 0. The van der Waals surface area contributed by atoms with Gasteiger partial charge in [0.1, 0.15) is 0 Å². The van der Waals surface area contributed by atoms with E-state index in [1.165, 1.54) is 218 Å². The molecule has 0 amide bonds. The zero-order valence-corrected chi connectivity index (χ0v) is 38.8. The Morgan fingerprint density at radius 3 is 0.800 bits per heavy atom. The van der Waals surface area contributed by atoms with E-state index in [1.807, 2.05) is 0 Å². The van der Waals surface area contributed by atoms with Crippen LogP contribution in [-0.4, -0.2) is 50.5 Å². The third-order valence-corrected chi connectivity index (χ3v) is 13.8. The summed E-state index contributed by atoms with van der Waals surface area (Å²) in [6, 6.07) is 0. The number of hydrogen-bond acceptors (Lipinski definition) is 6. The van der Waals surface area contributed by atoms with Crippen molar-refractivity contribution >= 4 is 25.3 Å². The predicted molar refractivity (Wildman–Crippen MR) is 246 cm³/mol. The van der Waals surface area contributed by atoms with E-state index in [0.717, 1.165) is 24.3 Å². The van der Waals surface area contributed by atoms with Gasteiger partial charge in [0.2, 0.25) is 0 Å². The first-order valence-corrected chi connectivity index (χ1v) is 26.1. The van der Waals surface area contributed by atoms with Gasteiger partial charge >= 0.3 is 0 Å². The van der Waals surface area contributed by atoms with Gasteiger partial charge in [-0.25, -0.2) is 0 Å². The second-order valence-corrected chi connectivity index (χ2v) is 19.1. The van der Waals surface area contributed by atoms with Gasteiger partial charge in [0.25, 0.3) is 0 Å². The van der Waals surface area contributed by atoms with Gasteiger partial charge in [-0.2, -0.15) is 25.3 Å². The topological polar surface area (TPSA) is 36.9 Å². The van der Waals surface area contributed by atoms with Crippen molar-refractivity contribution in [3.63, 3.8) is 0 Å². The number of unbranched alkanes of at least 4 members (excludes halogenated alkanes) is 30. The summed E-state index contributed by atoms with van der Waals surface area (Å²) in [5, 5.41) is 0. The molecule has 1 spiro atoms. The van der Waals surface area contributed by atoms with Crippen molar-refractivity contribution in [3.05, 3.63) is 0 Å². The molecule has 55 heavy (non-hydrogen) atoms. The van der Waals surface area contributed by atoms with Crippen molar-refractivity contribution in [2.45, 2.75) is 258 Å². The fourth-order valence-electron chi connectivity index (χ4n) is 8.77. The zero-order valence-electron chi connectivity index (χ0n) is 37.0. The molecule has 0 aliphatic carbocycles. The highest BCUT2D eigenvalue weighted by molar-refractivity contribution is 7.80. The zero-order chi connectivity index (χ0) is 39.3. The van der Waals surface area contributed by atoms with Crippen LogP contribution in [0.15, 0.2) is 0 Å². The molecule has 2 unspecified atom stereocenters. The Balaban J connectivity index is 1.40. The monoisotopic (exact) mass is 813 g/mol. The summed E-state index contributed by atoms with van der Waals surface area (Å²) in [6.07, 6.45) is 49.5. The molecule has 0 saturated carbocycles. The average Bonchev–Trinajstić information content (AvgIpc) is 3.21. The molecule has 0 aromatic rings. The summed E-state index contributed by atoms with van der Waals surface area (Å²) < 4.78 is 25.1. The minimum Gasteiger partial charge on any atom is -0.352 e. The lowest BCUT2D eigenvalue weighted by Gasteiger charge is -2.44. The number of rotatable bonds is 40. The molecule has 2 heterocycles. The largest absolute Gasteiger partial charge is 0.352 e. The van der Waals surface area contributed by atoms with Crippen LogP contribution in [0, 0.1) is 17.3 Å². The van der Waals surface area contributed by atoms with Crippen LogP contribution in [0.4, 0.5) is 0 Å². The molecule has 2 fully saturated rings. The van der Waals surface area contributed by atoms with E-state index in [4.69, 9.17) is 44.2 Å². The Morgan fingerprint density at radius 2 is 0.582 bits per heavy atom. The first-order valence-electron chi connectivity index (χ1n) is 24.8. The second kappa shape index (κ2) is 37.5. The number of hydrogen-bond donors (Lipinski definition) is 2. The second-order valence-electron chi connectivity index (χ2n) is 18.4. The lowest BCUT2D eigenvalue weighted by atomic mass is 9.89. The molecule has 328 valence electrons. The summed E-state index contributed by atoms with van der Waals surface area (Å²) in [5.74, 6) is 2.94. The van der Waals surface area contributed by atoms with Crippen molar-refractivity contribution in [3.8, 4) is 0 Å². The fourth-order valence-corrected chi connectivity index (χ4v) is 9.43. The molecule has 2 aliphatic rings. The van der Waals surface area contributed by atoms with Crippen LogP contribution in [0.3, 0.4) is 0 Å². The Bertz CT molecular complexity index is 715. The molecule has 0 aromatic heterocycles. The van der Waals surface area contributed by atoms with Crippen LogP contribution in [0.5, 0.6) is 0 Å². The Kier molecular flexibility index (Phi) is 35.3. The smallest absolute Gasteiger partial charge is 0.157 e. The third-order valence-electron chi connectivity index (χ3n) is 12.8. The van der Waals surface area contributed by atoms with E-state index < -0.39 is 0 Å². The molecular weight excluding hydrogens is 717 g/mol. The van der Waals surface area contributed by atoms with Crippen molar-refractivity contribution in [1.82, 2.24) is 0 Å². The maximum absolute atomic E-state index is 6.29. The minimum atomic E-state index is -0.165. The van der Waals surface area contributed by atoms with Crippen LogP contribution in [0.2, 0.25) is 0 Å². The molecule has 0 N–H and O–H groups in total. The van der Waals surface area contributed by atoms with Gasteiger partial charge in [0.05, 0.1) is 31.8 Å². The van der Waals surface area contributed by atoms with Crippen molar-refractivity contribution < 1.29 is 18.9 Å². The summed E-state index contributed by atoms with van der Waals surface area (Å²) in [4.78, 5) is 0. The maximum atomic E-state index is 6.29. The highest BCUT2D eigenvalue weighted by Crippen LogP contribution is 2.34. The van der Waals surface area contributed by atoms with Gasteiger partial charge < -0.3 is 18.9 Å². The van der Waals surface area contributed by atoms with Gasteiger partial charge in [0.15, 0.2) is 12.6 Å². The van der Waals surface area contributed by atoms with Gasteiger partial charge in [-0.1, -0.05) is 219 Å². The SMILES string of the molecule is CCCCCCCCCCCCCCCCCCC(CS)CC1OCC2(CO1)COC(CC(CS)CCCCCCCCCCCCCCCCCC)OC2. The van der Waals surface area contributed by atoms with Crippen molar-refractivity contribution in [2.24, 2.45) is 17.3 Å². The highest BCUT2D eigenvalue weighted by atomic mass is 32.1. The van der Waals surface area contributed by atoms with Gasteiger partial charge in [-0.05, 0) is 36.2 Å². The number of thiol groups is 2. The van der Waals surface area contributed by atoms with E-state index in [9.17, 15) is 0 Å². The molecule has 2 saturated heterocycles. The van der Waals surface area contributed by atoms with E-state index in [1.54, 1.807) is 0 Å². The van der Waals surface area contributed by atoms with Crippen molar-refractivity contribution in [1.29, 1.82) is 0 Å². The van der Waals surface area contributed by atoms with Crippen LogP contribution in [0.1, 0.15) is 245 Å². The molecule has 2 aliphatic heterocycles. The van der Waals surface area contributed by atoms with E-state index in [0.29, 0.717) is 38.3 Å². The number of ether oxygens (including phenoxy) is 4. The van der Waals surface area contributed by atoms with Gasteiger partial charge in [0, 0.05) is 12.8 Å². The molecule has 4 nitrogen and oxygen atoms in total. The van der Waals surface area contributed by atoms with E-state index >= 15 is 0 Å². The van der Waals surface area contributed by atoms with Gasteiger partial charge in [-0.3, -0.25) is 0 Å². The lowest BCUT2D eigenvalue weighted by molar-refractivity contribution is -0.306. The lowest BCUT2D eigenvalue weighted by Crippen LogP contribution is -2.52. The summed E-state index contributed by atoms with van der Waals surface area (Å²) in [5.41, 5.74) is -0.165. The van der Waals surface area contributed by atoms with Gasteiger partial charge in [-0.15, -0.1) is 0 Å². The Labute approximate surface area is 355 Å². The summed E-state index contributed by atoms with van der Waals surface area (Å²) in [6.45, 7) is 7.26. The summed E-state index contributed by atoms with van der Waals surface area (Å²) >= 11 is 9.39. The van der Waals surface area contributed by atoms with Crippen LogP contribution < -0.4 is 0 Å². The molecular formula is C49H96O4S2. The predicted octanol–water partition coefficient (Wildman–Crippen LogP) is 15.9. The Morgan fingerprint density at radius 1 is 0.364 bits per heavy atom. The van der Waals surface area contributed by atoms with Crippen LogP contribution in [-0.2, 0) is 18.9 Å². The maximum Gasteiger partial charge on any atom is 0.157 e. The first kappa shape index (κ1) is 51.7. The molecule has 0 bridgehead atoms. The minimum absolute atomic E-state index is 0.116. The first-order chi connectivity index (χ1) is 27.1. The van der Waals surface area contributed by atoms with Crippen molar-refractivity contribution in [2.75, 3.05) is 37.9 Å². The van der Waals surface area contributed by atoms with E-state index in [-0.39, 0.29) is 18.0 Å². The standard InChI is InChI=1S/C49H96O4S2/c1-3-5-7-9-11-13-15-17-19-21-23-25-27-29-31-33-35-45(39-54)37-47-50-41-49(42-51-47)43-52-48(53-44-49)38-46(40-55)36-34-32-30-28-26-24-22-20-18-16-14-12-10-8-6-4-2/h45-48,54-55H,3-44H2,1-2H3. The van der Waals surface area contributed by atoms with Crippen LogP contribution in [0.25, 0.3) is 0 Å². The molecule has 6 heteroatoms. The Hall–Kier alpha value is 0.540. The fraction of sp³-hybridized carbons (Fsp3) is 1.00. The highest BCUT2D eigenvalue weighted by Gasteiger charge is 2.42. The molecule has 0 radical (unpaired) electrons.